The molecule has 5 rings (SSSR count). The third kappa shape index (κ3) is 40.0. The van der Waals surface area contributed by atoms with Crippen LogP contribution in [0.3, 0.4) is 0 Å². The highest BCUT2D eigenvalue weighted by molar-refractivity contribution is 7.99. The Labute approximate surface area is 814 Å². The Morgan fingerprint density at radius 2 is 0.396 bits per heavy atom. The molecule has 1 aliphatic carbocycles. The fraction of sp³-hybridized carbons (Fsp3) is 0.719. The van der Waals surface area contributed by atoms with Crippen molar-refractivity contribution in [2.24, 2.45) is 43.3 Å². The van der Waals surface area contributed by atoms with Gasteiger partial charge >= 0.3 is 47.8 Å². The Morgan fingerprint density at radius 3 is 0.575 bits per heavy atom. The summed E-state index contributed by atoms with van der Waals surface area (Å²) in [7, 11) is 0. The van der Waals surface area contributed by atoms with E-state index in [4.69, 9.17) is 52.8 Å². The molecule has 2 unspecified atom stereocenters. The normalized spacial score (nSPS) is 15.1. The lowest BCUT2D eigenvalue weighted by Gasteiger charge is -2.33. The molecule has 0 saturated carbocycles. The summed E-state index contributed by atoms with van der Waals surface area (Å²) >= 11 is 1.84. The van der Waals surface area contributed by atoms with Gasteiger partial charge < -0.3 is 43.0 Å². The Hall–Kier alpha value is -7.13. The lowest BCUT2D eigenvalue weighted by atomic mass is 9.76. The quantitative estimate of drug-likeness (QED) is 0.0142. The first-order valence-electron chi connectivity index (χ1n) is 51.7. The summed E-state index contributed by atoms with van der Waals surface area (Å²) in [5.74, 6) is -5.92. The molecule has 1 aliphatic rings. The number of hydrogen-bond donors (Lipinski definition) is 1. The molecule has 20 heteroatoms. The zero-order valence-electron chi connectivity index (χ0n) is 88.5. The van der Waals surface area contributed by atoms with E-state index in [2.05, 4.69) is 20.8 Å². The molecule has 0 heterocycles. The van der Waals surface area contributed by atoms with Crippen LogP contribution in [0.2, 0.25) is 0 Å². The Balaban J connectivity index is 2.32. The van der Waals surface area contributed by atoms with Crippen LogP contribution >= 0.6 is 11.8 Å². The number of fused-ring (bicyclic) bond motifs is 8. The minimum atomic E-state index is -1.12. The minimum Gasteiger partial charge on any atom is -0.426 e. The molecule has 0 amide bonds. The van der Waals surface area contributed by atoms with Gasteiger partial charge in [0, 0.05) is 105 Å². The van der Waals surface area contributed by atoms with E-state index in [1.165, 1.54) is 0 Å². The number of rotatable bonds is 54. The number of hydrogen-bond acceptors (Lipinski definition) is 20. The Bertz CT molecular complexity index is 3620. The van der Waals surface area contributed by atoms with Gasteiger partial charge in [-0.2, -0.15) is 11.8 Å². The molecule has 0 radical (unpaired) electrons. The fourth-order valence-electron chi connectivity index (χ4n) is 15.9. The fourth-order valence-corrected chi connectivity index (χ4v) is 16.6. The molecule has 4 aromatic rings. The van der Waals surface area contributed by atoms with Gasteiger partial charge in [0.1, 0.15) is 46.0 Å². The van der Waals surface area contributed by atoms with Gasteiger partial charge in [0.15, 0.2) is 0 Å². The molecule has 0 aromatic heterocycles. The van der Waals surface area contributed by atoms with Crippen molar-refractivity contribution >= 4 is 59.5 Å². The maximum absolute atomic E-state index is 15.5. The van der Waals surface area contributed by atoms with Crippen molar-refractivity contribution in [3.8, 4) is 46.0 Å². The van der Waals surface area contributed by atoms with Gasteiger partial charge in [-0.05, 0) is 241 Å². The maximum atomic E-state index is 15.5. The largest absolute Gasteiger partial charge is 0.426 e. The van der Waals surface area contributed by atoms with Crippen LogP contribution in [-0.4, -0.2) is 84.2 Å². The molecular formula is C114H180O19S. The summed E-state index contributed by atoms with van der Waals surface area (Å²) in [6, 6.07) is 14.7. The van der Waals surface area contributed by atoms with E-state index in [0.29, 0.717) is 116 Å². The molecule has 0 spiro atoms. The third-order valence-electron chi connectivity index (χ3n) is 24.7. The van der Waals surface area contributed by atoms with Crippen molar-refractivity contribution < 1.29 is 91.1 Å². The van der Waals surface area contributed by atoms with Crippen LogP contribution in [0.5, 0.6) is 46.0 Å². The summed E-state index contributed by atoms with van der Waals surface area (Å²) in [5, 5.41) is 9.13. The second-order valence-electron chi connectivity index (χ2n) is 46.1. The molecule has 0 saturated heterocycles. The second-order valence-corrected chi connectivity index (χ2v) is 47.4. The van der Waals surface area contributed by atoms with E-state index in [1.807, 2.05) is 36.0 Å². The van der Waals surface area contributed by atoms with E-state index in [9.17, 15) is 0 Å². The average molecular weight is 1890 g/mol. The first-order chi connectivity index (χ1) is 62.8. The van der Waals surface area contributed by atoms with Crippen LogP contribution in [0.1, 0.15) is 499 Å². The molecule has 134 heavy (non-hydrogen) atoms. The molecule has 4 aromatic carbocycles. The second kappa shape index (κ2) is 56.2. The minimum absolute atomic E-state index is 0.0697. The predicted octanol–water partition coefficient (Wildman–Crippen LogP) is 30.7. The predicted molar refractivity (Wildman–Crippen MR) is 543 cm³/mol. The third-order valence-corrected chi connectivity index (χ3v) is 25.7. The highest BCUT2D eigenvalue weighted by Gasteiger charge is 2.42. The monoisotopic (exact) mass is 1890 g/mol. The summed E-state index contributed by atoms with van der Waals surface area (Å²) in [5.41, 5.74) is -5.12. The topological polar surface area (TPSA) is 249 Å². The van der Waals surface area contributed by atoms with E-state index < -0.39 is 115 Å². The molecule has 756 valence electrons. The SMILES string of the molecule is CCCCCCCCCCC1c2cc(c(OC(=O)C(C)(C)C)cc2OC(=O)C(C)(C)C)C(CCCCCCCCCC)c2cc(c(OC(=O)C(C)(C)C)cc2OC(=O)C(C)(C)C)C(CCCCCCCCCCSCCOOCCCCO)c2cc(c(OC(=O)C(C)(C)C)cc2OC(=O)C(C)(C)C)C(CCCCCCCCCC)c2cc1c(OC(=O)C(C)(C)C)cc2OC(=O)C(C)(C)C. The van der Waals surface area contributed by atoms with Crippen molar-refractivity contribution in [3.05, 3.63) is 93.0 Å². The van der Waals surface area contributed by atoms with E-state index >= 15 is 38.4 Å². The number of esters is 8. The number of unbranched alkanes of at least 4 members (excludes halogenated alkanes) is 29. The molecular weight excluding hydrogens is 1710 g/mol. The van der Waals surface area contributed by atoms with Crippen LogP contribution in [0.15, 0.2) is 48.5 Å². The number of thioether (sulfide) groups is 1. The summed E-state index contributed by atoms with van der Waals surface area (Å²) in [6.07, 6.45) is 33.1. The van der Waals surface area contributed by atoms with Gasteiger partial charge in [-0.15, -0.1) is 0 Å². The van der Waals surface area contributed by atoms with Crippen LogP contribution in [-0.2, 0) is 48.1 Å². The van der Waals surface area contributed by atoms with Crippen LogP contribution in [0, 0.1) is 43.3 Å². The van der Waals surface area contributed by atoms with E-state index in [-0.39, 0.29) is 52.6 Å². The van der Waals surface area contributed by atoms with Crippen molar-refractivity contribution in [2.45, 2.75) is 455 Å². The van der Waals surface area contributed by atoms with Crippen molar-refractivity contribution in [3.63, 3.8) is 0 Å². The highest BCUT2D eigenvalue weighted by atomic mass is 32.2. The first kappa shape index (κ1) is 117. The summed E-state index contributed by atoms with van der Waals surface area (Å²) < 4.78 is 56.1. The van der Waals surface area contributed by atoms with Crippen molar-refractivity contribution in [2.75, 3.05) is 31.3 Å². The summed E-state index contributed by atoms with van der Waals surface area (Å²) in [6.45, 7) is 50.5. The van der Waals surface area contributed by atoms with Crippen molar-refractivity contribution in [1.82, 2.24) is 0 Å². The molecule has 8 bridgehead atoms. The highest BCUT2D eigenvalue weighted by Crippen LogP contribution is 2.56. The zero-order valence-corrected chi connectivity index (χ0v) is 89.4. The van der Waals surface area contributed by atoms with Crippen LogP contribution in [0.25, 0.3) is 0 Å². The molecule has 2 atom stereocenters. The van der Waals surface area contributed by atoms with Crippen LogP contribution < -0.4 is 37.9 Å². The van der Waals surface area contributed by atoms with Gasteiger partial charge in [-0.3, -0.25) is 38.4 Å². The smallest absolute Gasteiger partial charge is 0.316 e. The Morgan fingerprint density at radius 1 is 0.224 bits per heavy atom. The standard InChI is InChI=1S/C114H180O19S/c1-28-31-34-37-40-45-50-55-62-79-83-71-85(93(128-101(118)109(10,11)12)75-91(83)126-99(116)107(4,5)6)80(63-56-51-46-41-38-35-32-29-2)87-73-89(97(132-105(122)113(22,23)24)77-95(87)130-103(120)111(16,17)18)82(65-58-53-48-43-44-49-54-61-69-134-70-68-125-124-67-60-59-66-115)90-74-88(96(131-104(121)112(19,20)21)78-98(90)133-106(123)114(25,26)27)81(64-57-52-47-42-39-36-33-30-3)86-72-84(79)92(127-100(117)108(7,8)9)76-94(86)129-102(119)110(13,14)15/h71-82,115H,28-70H2,1-27H3. The van der Waals surface area contributed by atoms with Gasteiger partial charge in [0.05, 0.1) is 56.5 Å². The zero-order chi connectivity index (χ0) is 100. The van der Waals surface area contributed by atoms with Crippen molar-refractivity contribution in [1.29, 1.82) is 0 Å². The van der Waals surface area contributed by atoms with E-state index in [0.717, 1.165) is 198 Å². The number of carbonyl (C=O) groups excluding carboxylic acids is 8. The van der Waals surface area contributed by atoms with Gasteiger partial charge in [0.25, 0.3) is 0 Å². The van der Waals surface area contributed by atoms with Gasteiger partial charge in [-0.25, -0.2) is 9.78 Å². The average Bonchev–Trinajstić information content (AvgIpc) is 0.738. The summed E-state index contributed by atoms with van der Waals surface area (Å²) in [4.78, 5) is 134. The molecule has 19 nitrogen and oxygen atoms in total. The molecule has 0 fully saturated rings. The number of aliphatic hydroxyl groups excluding tert-OH is 1. The number of aliphatic hydroxyl groups is 1. The van der Waals surface area contributed by atoms with E-state index in [1.54, 1.807) is 190 Å². The van der Waals surface area contributed by atoms with Gasteiger partial charge in [-0.1, -0.05) is 220 Å². The first-order valence-corrected chi connectivity index (χ1v) is 52.9. The maximum Gasteiger partial charge on any atom is 0.316 e. The number of benzene rings is 4. The van der Waals surface area contributed by atoms with Gasteiger partial charge in [0.2, 0.25) is 0 Å². The number of ether oxygens (including phenoxy) is 8. The lowest BCUT2D eigenvalue weighted by Crippen LogP contribution is -2.29. The molecule has 0 aliphatic heterocycles. The number of carbonyl (C=O) groups is 8. The lowest BCUT2D eigenvalue weighted by molar-refractivity contribution is -0.290. The van der Waals surface area contributed by atoms with Crippen LogP contribution in [0.4, 0.5) is 0 Å². The molecule has 1 N–H and O–H groups in total. The Kier molecular flexibility index (Phi) is 49.2.